The van der Waals surface area contributed by atoms with E-state index in [4.69, 9.17) is 4.42 Å². The molecule has 6 heteroatoms. The number of nitrogens with one attached hydrogen (secondary N) is 2. The van der Waals surface area contributed by atoms with Crippen LogP contribution in [0.3, 0.4) is 0 Å². The van der Waals surface area contributed by atoms with E-state index in [-0.39, 0.29) is 17.9 Å². The monoisotopic (exact) mass is 395 g/mol. The quantitative estimate of drug-likeness (QED) is 0.583. The van der Waals surface area contributed by atoms with Crippen molar-refractivity contribution >= 4 is 17.0 Å². The van der Waals surface area contributed by atoms with E-state index in [1.807, 2.05) is 50.5 Å². The molecular formula is C23H29N3O3. The second-order valence-corrected chi connectivity index (χ2v) is 7.69. The number of amides is 1. The summed E-state index contributed by atoms with van der Waals surface area (Å²) in [6.07, 6.45) is 2.16. The summed E-state index contributed by atoms with van der Waals surface area (Å²) in [5.74, 6) is -0.148. The fraction of sp³-hybridized carbons (Fsp3) is 0.391. The van der Waals surface area contributed by atoms with Crippen LogP contribution in [0.2, 0.25) is 0 Å². The molecule has 0 unspecified atom stereocenters. The summed E-state index contributed by atoms with van der Waals surface area (Å²) in [5.41, 5.74) is 3.52. The highest BCUT2D eigenvalue weighted by atomic mass is 16.4. The Balaban J connectivity index is 1.59. The molecule has 1 amide bonds. The minimum atomic E-state index is -0.447. The van der Waals surface area contributed by atoms with Gasteiger partial charge in [-0.05, 0) is 56.1 Å². The van der Waals surface area contributed by atoms with Gasteiger partial charge in [-0.1, -0.05) is 43.3 Å². The van der Waals surface area contributed by atoms with E-state index in [0.29, 0.717) is 24.1 Å². The van der Waals surface area contributed by atoms with E-state index in [9.17, 15) is 9.59 Å². The van der Waals surface area contributed by atoms with Gasteiger partial charge in [0.25, 0.3) is 0 Å². The number of hydrogen-bond donors (Lipinski definition) is 2. The van der Waals surface area contributed by atoms with E-state index in [0.717, 1.165) is 18.4 Å². The number of H-pyrrole nitrogens is 1. The van der Waals surface area contributed by atoms with Crippen molar-refractivity contribution in [3.63, 3.8) is 0 Å². The molecule has 0 spiro atoms. The molecule has 0 bridgehead atoms. The first-order chi connectivity index (χ1) is 14.0. The van der Waals surface area contributed by atoms with Crippen molar-refractivity contribution in [2.24, 2.45) is 0 Å². The van der Waals surface area contributed by atoms with E-state index in [1.165, 1.54) is 5.56 Å². The van der Waals surface area contributed by atoms with Crippen LogP contribution in [0.5, 0.6) is 0 Å². The molecule has 1 heterocycles. The summed E-state index contributed by atoms with van der Waals surface area (Å²) < 4.78 is 5.15. The van der Waals surface area contributed by atoms with Gasteiger partial charge in [0.05, 0.1) is 5.52 Å². The lowest BCUT2D eigenvalue weighted by molar-refractivity contribution is -0.121. The van der Waals surface area contributed by atoms with Gasteiger partial charge in [-0.3, -0.25) is 9.78 Å². The zero-order valence-electron chi connectivity index (χ0n) is 17.3. The van der Waals surface area contributed by atoms with Gasteiger partial charge in [-0.2, -0.15) is 0 Å². The molecule has 0 fully saturated rings. The number of rotatable bonds is 9. The zero-order valence-corrected chi connectivity index (χ0v) is 17.3. The summed E-state index contributed by atoms with van der Waals surface area (Å²) in [7, 11) is 4.01. The summed E-state index contributed by atoms with van der Waals surface area (Å²) in [4.78, 5) is 28.7. The van der Waals surface area contributed by atoms with E-state index in [1.54, 1.807) is 0 Å². The predicted octanol–water partition coefficient (Wildman–Crippen LogP) is 3.29. The first kappa shape index (κ1) is 20.9. The van der Waals surface area contributed by atoms with Gasteiger partial charge in [0.2, 0.25) is 5.91 Å². The molecule has 0 aliphatic heterocycles. The second-order valence-electron chi connectivity index (χ2n) is 7.69. The largest absolute Gasteiger partial charge is 0.417 e. The van der Waals surface area contributed by atoms with Crippen molar-refractivity contribution in [1.82, 2.24) is 15.2 Å². The maximum absolute atomic E-state index is 12.6. The second kappa shape index (κ2) is 9.56. The van der Waals surface area contributed by atoms with Crippen LogP contribution in [-0.4, -0.2) is 42.5 Å². The fourth-order valence-corrected chi connectivity index (χ4v) is 3.58. The number of aromatic nitrogens is 1. The molecule has 1 aromatic heterocycles. The van der Waals surface area contributed by atoms with Gasteiger partial charge < -0.3 is 14.6 Å². The smallest absolute Gasteiger partial charge is 0.408 e. The Labute approximate surface area is 170 Å². The third-order valence-electron chi connectivity index (χ3n) is 5.42. The third-order valence-corrected chi connectivity index (χ3v) is 5.42. The van der Waals surface area contributed by atoms with Crippen LogP contribution in [0.4, 0.5) is 0 Å². The standard InChI is InChI=1S/C23H29N3O3/c1-4-17(18-8-6-5-7-9-18)14-22(27)24-15-19(26(2)3)12-16-10-11-20-21(13-16)29-23(28)25-20/h5-11,13,17,19H,4,12,14-15H2,1-3H3,(H,24,27)(H,25,28)/t17-,19-/m0/s1. The average Bonchev–Trinajstić information content (AvgIpc) is 3.09. The molecule has 3 rings (SSSR count). The number of carbonyl (C=O) groups excluding carboxylic acids is 1. The maximum Gasteiger partial charge on any atom is 0.417 e. The van der Waals surface area contributed by atoms with Gasteiger partial charge in [0, 0.05) is 19.0 Å². The lowest BCUT2D eigenvalue weighted by Gasteiger charge is -2.25. The molecule has 2 N–H and O–H groups in total. The van der Waals surface area contributed by atoms with Crippen molar-refractivity contribution in [1.29, 1.82) is 0 Å². The van der Waals surface area contributed by atoms with Crippen molar-refractivity contribution in [2.45, 2.75) is 38.1 Å². The minimum absolute atomic E-state index is 0.0691. The van der Waals surface area contributed by atoms with Crippen LogP contribution in [0, 0.1) is 0 Å². The van der Waals surface area contributed by atoms with E-state index < -0.39 is 5.76 Å². The number of oxazole rings is 1. The first-order valence-electron chi connectivity index (χ1n) is 10.1. The van der Waals surface area contributed by atoms with E-state index >= 15 is 0 Å². The summed E-state index contributed by atoms with van der Waals surface area (Å²) in [6.45, 7) is 2.68. The van der Waals surface area contributed by atoms with Gasteiger partial charge in [0.15, 0.2) is 5.58 Å². The van der Waals surface area contributed by atoms with Crippen LogP contribution in [0.25, 0.3) is 11.1 Å². The molecule has 0 radical (unpaired) electrons. The van der Waals surface area contributed by atoms with Crippen molar-refractivity contribution in [3.8, 4) is 0 Å². The summed E-state index contributed by atoms with van der Waals surface area (Å²) in [6, 6.07) is 16.0. The van der Waals surface area contributed by atoms with Crippen LogP contribution >= 0.6 is 0 Å². The molecule has 154 valence electrons. The van der Waals surface area contributed by atoms with Gasteiger partial charge >= 0.3 is 5.76 Å². The SMILES string of the molecule is CC[C@@H](CC(=O)NC[C@H](Cc1ccc2[nH]c(=O)oc2c1)N(C)C)c1ccccc1. The zero-order chi connectivity index (χ0) is 20.8. The number of aromatic amines is 1. The van der Waals surface area contributed by atoms with Gasteiger partial charge in [-0.15, -0.1) is 0 Å². The molecule has 0 saturated heterocycles. The number of fused-ring (bicyclic) bond motifs is 1. The van der Waals surface area contributed by atoms with Crippen LogP contribution < -0.4 is 11.1 Å². The Morgan fingerprint density at radius 2 is 1.93 bits per heavy atom. The van der Waals surface area contributed by atoms with Crippen molar-refractivity contribution in [2.75, 3.05) is 20.6 Å². The fourth-order valence-electron chi connectivity index (χ4n) is 3.58. The number of likely N-dealkylation sites (N-methyl/N-ethyl adjacent to an activating group) is 1. The van der Waals surface area contributed by atoms with Gasteiger partial charge in [0.1, 0.15) is 0 Å². The minimum Gasteiger partial charge on any atom is -0.408 e. The Kier molecular flexibility index (Phi) is 6.88. The topological polar surface area (TPSA) is 78.3 Å². The van der Waals surface area contributed by atoms with Crippen LogP contribution in [0.15, 0.2) is 57.7 Å². The highest BCUT2D eigenvalue weighted by Crippen LogP contribution is 2.22. The number of nitrogens with zero attached hydrogens (tertiary/aromatic N) is 1. The normalized spacial score (nSPS) is 13.5. The molecule has 0 aliphatic rings. The average molecular weight is 396 g/mol. The van der Waals surface area contributed by atoms with Gasteiger partial charge in [-0.25, -0.2) is 4.79 Å². The Morgan fingerprint density at radius 3 is 2.62 bits per heavy atom. The molecule has 0 aliphatic carbocycles. The van der Waals surface area contributed by atoms with Crippen LogP contribution in [0.1, 0.15) is 36.8 Å². The van der Waals surface area contributed by atoms with E-state index in [2.05, 4.69) is 34.3 Å². The number of carbonyl (C=O) groups is 1. The van der Waals surface area contributed by atoms with Crippen molar-refractivity contribution < 1.29 is 9.21 Å². The Morgan fingerprint density at radius 1 is 1.17 bits per heavy atom. The molecule has 0 saturated carbocycles. The number of hydrogen-bond acceptors (Lipinski definition) is 4. The molecule has 2 atom stereocenters. The highest BCUT2D eigenvalue weighted by Gasteiger charge is 2.17. The predicted molar refractivity (Wildman–Crippen MR) is 115 cm³/mol. The molecule has 2 aromatic carbocycles. The lowest BCUT2D eigenvalue weighted by atomic mass is 9.93. The number of benzene rings is 2. The summed E-state index contributed by atoms with van der Waals surface area (Å²) in [5, 5.41) is 3.10. The summed E-state index contributed by atoms with van der Waals surface area (Å²) >= 11 is 0. The lowest BCUT2D eigenvalue weighted by Crippen LogP contribution is -2.41. The molecular weight excluding hydrogens is 366 g/mol. The maximum atomic E-state index is 12.6. The Bertz CT molecular complexity index is 991. The third kappa shape index (κ3) is 5.57. The first-order valence-corrected chi connectivity index (χ1v) is 10.1. The highest BCUT2D eigenvalue weighted by molar-refractivity contribution is 5.77. The molecule has 29 heavy (non-hydrogen) atoms. The molecule has 6 nitrogen and oxygen atoms in total. The van der Waals surface area contributed by atoms with Crippen molar-refractivity contribution in [3.05, 3.63) is 70.2 Å². The van der Waals surface area contributed by atoms with Crippen LogP contribution in [-0.2, 0) is 11.2 Å². The molecule has 3 aromatic rings. The Hall–Kier alpha value is -2.86.